The number of nitrogens with one attached hydrogen (secondary N) is 2. The molecular weight excluding hydrogens is 368 g/mol. The number of carbonyl (C=O) groups is 3. The Morgan fingerprint density at radius 3 is 2.48 bits per heavy atom. The van der Waals surface area contributed by atoms with E-state index in [-0.39, 0.29) is 5.70 Å². The summed E-state index contributed by atoms with van der Waals surface area (Å²) < 4.78 is 5.01. The molecule has 0 bridgehead atoms. The lowest BCUT2D eigenvalue weighted by molar-refractivity contribution is -0.144. The molecule has 2 rings (SSSR count). The van der Waals surface area contributed by atoms with Gasteiger partial charge in [-0.25, -0.2) is 4.79 Å². The average molecular weight is 387 g/mol. The lowest BCUT2D eigenvalue weighted by Gasteiger charge is -2.11. The first-order chi connectivity index (χ1) is 12.8. The number of anilines is 1. The summed E-state index contributed by atoms with van der Waals surface area (Å²) in [4.78, 5) is 35.6. The second kappa shape index (κ2) is 9.54. The molecular formula is C20H19ClN2O4. The van der Waals surface area contributed by atoms with Crippen LogP contribution in [-0.4, -0.2) is 24.4 Å². The summed E-state index contributed by atoms with van der Waals surface area (Å²) >= 11 is 5.91. The van der Waals surface area contributed by atoms with Gasteiger partial charge in [0.15, 0.2) is 6.61 Å². The number of aryl methyl sites for hydroxylation is 1. The lowest BCUT2D eigenvalue weighted by Crippen LogP contribution is -2.29. The van der Waals surface area contributed by atoms with Crippen LogP contribution in [-0.2, 0) is 19.1 Å². The first kappa shape index (κ1) is 20.2. The van der Waals surface area contributed by atoms with Gasteiger partial charge in [0.1, 0.15) is 5.70 Å². The largest absolute Gasteiger partial charge is 0.451 e. The zero-order valence-electron chi connectivity index (χ0n) is 14.9. The molecule has 2 N–H and O–H groups in total. The second-order valence-corrected chi connectivity index (χ2v) is 6.17. The topological polar surface area (TPSA) is 84.5 Å². The molecule has 7 heteroatoms. The highest BCUT2D eigenvalue weighted by molar-refractivity contribution is 6.31. The van der Waals surface area contributed by atoms with Crippen LogP contribution in [0.15, 0.2) is 54.2 Å². The maximum Gasteiger partial charge on any atom is 0.355 e. The molecule has 2 aromatic carbocycles. The quantitative estimate of drug-likeness (QED) is 0.589. The van der Waals surface area contributed by atoms with E-state index >= 15 is 0 Å². The smallest absolute Gasteiger partial charge is 0.355 e. The van der Waals surface area contributed by atoms with E-state index in [0.29, 0.717) is 16.3 Å². The number of carbonyl (C=O) groups excluding carboxylic acids is 3. The Kier molecular flexibility index (Phi) is 7.14. The number of rotatable bonds is 6. The summed E-state index contributed by atoms with van der Waals surface area (Å²) in [5, 5.41) is 5.52. The average Bonchev–Trinajstić information content (AvgIpc) is 2.62. The Labute approximate surface area is 162 Å². The molecule has 0 spiro atoms. The van der Waals surface area contributed by atoms with Crippen molar-refractivity contribution in [1.82, 2.24) is 5.32 Å². The van der Waals surface area contributed by atoms with Gasteiger partial charge in [-0.3, -0.25) is 9.59 Å². The highest BCUT2D eigenvalue weighted by Crippen LogP contribution is 2.20. The standard InChI is InChI=1S/C20H19ClN2O4/c1-13-8-9-16(21)11-17(13)23-19(25)12-27-20(26)18(22-14(2)24)10-15-6-4-3-5-7-15/h3-11H,12H2,1-2H3,(H,22,24)(H,23,25)/b18-10-. The number of halogens is 1. The van der Waals surface area contributed by atoms with Gasteiger partial charge in [-0.2, -0.15) is 0 Å². The number of hydrogen-bond acceptors (Lipinski definition) is 4. The first-order valence-corrected chi connectivity index (χ1v) is 8.50. The molecule has 0 radical (unpaired) electrons. The van der Waals surface area contributed by atoms with Crippen molar-refractivity contribution in [3.8, 4) is 0 Å². The van der Waals surface area contributed by atoms with E-state index in [1.165, 1.54) is 13.0 Å². The Morgan fingerprint density at radius 2 is 1.81 bits per heavy atom. The van der Waals surface area contributed by atoms with E-state index < -0.39 is 24.4 Å². The molecule has 0 atom stereocenters. The molecule has 0 saturated heterocycles. The van der Waals surface area contributed by atoms with Crippen molar-refractivity contribution in [1.29, 1.82) is 0 Å². The molecule has 0 saturated carbocycles. The van der Waals surface area contributed by atoms with Crippen molar-refractivity contribution in [2.45, 2.75) is 13.8 Å². The lowest BCUT2D eigenvalue weighted by atomic mass is 10.2. The number of hydrogen-bond donors (Lipinski definition) is 2. The minimum absolute atomic E-state index is 0.0552. The van der Waals surface area contributed by atoms with Crippen LogP contribution in [0.5, 0.6) is 0 Å². The zero-order chi connectivity index (χ0) is 19.8. The molecule has 0 aliphatic heterocycles. The van der Waals surface area contributed by atoms with Gasteiger partial charge >= 0.3 is 5.97 Å². The molecule has 0 aromatic heterocycles. The van der Waals surface area contributed by atoms with Gasteiger partial charge < -0.3 is 15.4 Å². The van der Waals surface area contributed by atoms with Gasteiger partial charge in [0.05, 0.1) is 0 Å². The Bertz CT molecular complexity index is 879. The van der Waals surface area contributed by atoms with Gasteiger partial charge in [-0.05, 0) is 36.3 Å². The van der Waals surface area contributed by atoms with Crippen LogP contribution in [0, 0.1) is 6.92 Å². The van der Waals surface area contributed by atoms with E-state index in [2.05, 4.69) is 10.6 Å². The fourth-order valence-electron chi connectivity index (χ4n) is 2.18. The van der Waals surface area contributed by atoms with Crippen molar-refractivity contribution < 1.29 is 19.1 Å². The summed E-state index contributed by atoms with van der Waals surface area (Å²) in [6.45, 7) is 2.59. The van der Waals surface area contributed by atoms with E-state index in [1.54, 1.807) is 42.5 Å². The maximum atomic E-state index is 12.3. The third-order valence-corrected chi connectivity index (χ3v) is 3.68. The Balaban J connectivity index is 2.02. The van der Waals surface area contributed by atoms with Gasteiger partial charge in [0, 0.05) is 17.6 Å². The monoisotopic (exact) mass is 386 g/mol. The fraction of sp³-hybridized carbons (Fsp3) is 0.150. The molecule has 140 valence electrons. The molecule has 2 aromatic rings. The summed E-state index contributed by atoms with van der Waals surface area (Å²) in [7, 11) is 0. The third-order valence-electron chi connectivity index (χ3n) is 3.45. The molecule has 0 fully saturated rings. The highest BCUT2D eigenvalue weighted by Gasteiger charge is 2.15. The van der Waals surface area contributed by atoms with E-state index in [1.807, 2.05) is 13.0 Å². The van der Waals surface area contributed by atoms with Crippen molar-refractivity contribution in [2.24, 2.45) is 0 Å². The van der Waals surface area contributed by atoms with Crippen molar-refractivity contribution in [3.63, 3.8) is 0 Å². The van der Waals surface area contributed by atoms with Crippen LogP contribution < -0.4 is 10.6 Å². The summed E-state index contributed by atoms with van der Waals surface area (Å²) in [6.07, 6.45) is 1.47. The number of ether oxygens (including phenoxy) is 1. The summed E-state index contributed by atoms with van der Waals surface area (Å²) in [5.41, 5.74) is 2.00. The summed E-state index contributed by atoms with van der Waals surface area (Å²) in [6, 6.07) is 14.0. The number of amides is 2. The van der Waals surface area contributed by atoms with Gasteiger partial charge in [-0.1, -0.05) is 48.0 Å². The van der Waals surface area contributed by atoms with Crippen LogP contribution in [0.25, 0.3) is 6.08 Å². The van der Waals surface area contributed by atoms with E-state index in [4.69, 9.17) is 16.3 Å². The Hall–Kier alpha value is -3.12. The minimum atomic E-state index is -0.813. The van der Waals surface area contributed by atoms with Gasteiger partial charge in [-0.15, -0.1) is 0 Å². The molecule has 0 aliphatic carbocycles. The fourth-order valence-corrected chi connectivity index (χ4v) is 2.35. The van der Waals surface area contributed by atoms with Crippen LogP contribution >= 0.6 is 11.6 Å². The van der Waals surface area contributed by atoms with E-state index in [0.717, 1.165) is 5.56 Å². The number of benzene rings is 2. The molecule has 6 nitrogen and oxygen atoms in total. The molecule has 0 unspecified atom stereocenters. The van der Waals surface area contributed by atoms with E-state index in [9.17, 15) is 14.4 Å². The number of esters is 1. The molecule has 2 amide bonds. The van der Waals surface area contributed by atoms with Crippen molar-refractivity contribution in [2.75, 3.05) is 11.9 Å². The molecule has 0 aliphatic rings. The predicted molar refractivity (Wildman–Crippen MR) is 104 cm³/mol. The zero-order valence-corrected chi connectivity index (χ0v) is 15.7. The Morgan fingerprint density at radius 1 is 1.11 bits per heavy atom. The van der Waals surface area contributed by atoms with Crippen molar-refractivity contribution >= 4 is 41.1 Å². The maximum absolute atomic E-state index is 12.3. The third kappa shape index (κ3) is 6.60. The first-order valence-electron chi connectivity index (χ1n) is 8.12. The van der Waals surface area contributed by atoms with Crippen LogP contribution in [0.3, 0.4) is 0 Å². The minimum Gasteiger partial charge on any atom is -0.451 e. The van der Waals surface area contributed by atoms with Crippen molar-refractivity contribution in [3.05, 3.63) is 70.4 Å². The highest BCUT2D eigenvalue weighted by atomic mass is 35.5. The van der Waals surface area contributed by atoms with Crippen LogP contribution in [0.2, 0.25) is 5.02 Å². The van der Waals surface area contributed by atoms with Crippen LogP contribution in [0.4, 0.5) is 5.69 Å². The molecule has 0 heterocycles. The summed E-state index contributed by atoms with van der Waals surface area (Å²) in [5.74, 6) is -1.75. The SMILES string of the molecule is CC(=O)N/C(=C\c1ccccc1)C(=O)OCC(=O)Nc1cc(Cl)ccc1C. The van der Waals surface area contributed by atoms with Crippen LogP contribution in [0.1, 0.15) is 18.1 Å². The predicted octanol–water partition coefficient (Wildman–Crippen LogP) is 3.31. The van der Waals surface area contributed by atoms with Gasteiger partial charge in [0.25, 0.3) is 5.91 Å². The normalized spacial score (nSPS) is 10.9. The van der Waals surface area contributed by atoms with Gasteiger partial charge in [0.2, 0.25) is 5.91 Å². The second-order valence-electron chi connectivity index (χ2n) is 5.73. The molecule has 27 heavy (non-hydrogen) atoms.